The van der Waals surface area contributed by atoms with Crippen molar-refractivity contribution in [1.82, 2.24) is 10.2 Å². The number of hydrogen-bond donors (Lipinski definition) is 1. The van der Waals surface area contributed by atoms with Crippen molar-refractivity contribution >= 4 is 17.8 Å². The molecule has 0 aromatic rings. The molecule has 0 aliphatic carbocycles. The Bertz CT molecular complexity index is 312. The number of imide groups is 2. The first-order valence-corrected chi connectivity index (χ1v) is 4.89. The Morgan fingerprint density at radius 2 is 2.13 bits per heavy atom. The molecule has 82 valence electrons. The molecular formula is C10H14N2O3. The van der Waals surface area contributed by atoms with Gasteiger partial charge in [0.25, 0.3) is 0 Å². The van der Waals surface area contributed by atoms with Crippen molar-refractivity contribution in [2.75, 3.05) is 6.54 Å². The van der Waals surface area contributed by atoms with E-state index in [1.807, 2.05) is 0 Å². The molecule has 1 aliphatic heterocycles. The van der Waals surface area contributed by atoms with E-state index in [-0.39, 0.29) is 6.54 Å². The van der Waals surface area contributed by atoms with Gasteiger partial charge in [-0.2, -0.15) is 0 Å². The quantitative estimate of drug-likeness (QED) is 0.547. The predicted octanol–water partition coefficient (Wildman–Crippen LogP) is 0.667. The molecule has 1 saturated heterocycles. The summed E-state index contributed by atoms with van der Waals surface area (Å²) in [6, 6.07) is -0.628. The van der Waals surface area contributed by atoms with E-state index in [4.69, 9.17) is 0 Å². The number of nitrogens with zero attached hydrogens (tertiary/aromatic N) is 1. The molecular weight excluding hydrogens is 196 g/mol. The third-order valence-electron chi connectivity index (χ3n) is 2.32. The lowest BCUT2D eigenvalue weighted by atomic mass is 10.0. The Morgan fingerprint density at radius 3 is 2.67 bits per heavy atom. The molecule has 0 aromatic heterocycles. The number of urea groups is 1. The van der Waals surface area contributed by atoms with E-state index in [1.54, 1.807) is 13.0 Å². The van der Waals surface area contributed by atoms with Crippen LogP contribution in [-0.4, -0.2) is 29.3 Å². The zero-order valence-corrected chi connectivity index (χ0v) is 8.66. The molecule has 1 heterocycles. The van der Waals surface area contributed by atoms with Gasteiger partial charge in [-0.15, -0.1) is 6.58 Å². The maximum atomic E-state index is 11.7. The van der Waals surface area contributed by atoms with Crippen LogP contribution in [0.4, 0.5) is 4.79 Å². The molecule has 0 spiro atoms. The van der Waals surface area contributed by atoms with Gasteiger partial charge in [0.15, 0.2) is 0 Å². The van der Waals surface area contributed by atoms with E-state index in [0.717, 1.165) is 4.90 Å². The number of amides is 4. The lowest BCUT2D eigenvalue weighted by Crippen LogP contribution is -2.57. The van der Waals surface area contributed by atoms with Crippen LogP contribution in [0.15, 0.2) is 12.7 Å². The highest BCUT2D eigenvalue weighted by atomic mass is 16.2. The number of carbonyl (C=O) groups excluding carboxylic acids is 3. The largest absolute Gasteiger partial charge is 0.330 e. The van der Waals surface area contributed by atoms with Gasteiger partial charge in [-0.05, 0) is 12.8 Å². The molecule has 1 unspecified atom stereocenters. The summed E-state index contributed by atoms with van der Waals surface area (Å²) in [5.41, 5.74) is 0. The van der Waals surface area contributed by atoms with Crippen LogP contribution in [0.25, 0.3) is 0 Å². The van der Waals surface area contributed by atoms with Crippen LogP contribution in [0, 0.1) is 5.92 Å². The Balaban J connectivity index is 2.78. The first-order valence-electron chi connectivity index (χ1n) is 4.89. The van der Waals surface area contributed by atoms with E-state index >= 15 is 0 Å². The molecule has 15 heavy (non-hydrogen) atoms. The monoisotopic (exact) mass is 210 g/mol. The van der Waals surface area contributed by atoms with Crippen molar-refractivity contribution in [3.63, 3.8) is 0 Å². The van der Waals surface area contributed by atoms with Gasteiger partial charge in [-0.1, -0.05) is 13.0 Å². The summed E-state index contributed by atoms with van der Waals surface area (Å²) in [6.07, 6.45) is 2.56. The lowest BCUT2D eigenvalue weighted by Gasteiger charge is -2.29. The SMILES string of the molecule is C=CCCN1C(=O)NC(=O)C(CC)C1=O. The third-order valence-corrected chi connectivity index (χ3v) is 2.32. The fraction of sp³-hybridized carbons (Fsp3) is 0.500. The van der Waals surface area contributed by atoms with Crippen molar-refractivity contribution < 1.29 is 14.4 Å². The van der Waals surface area contributed by atoms with Crippen molar-refractivity contribution in [3.8, 4) is 0 Å². The molecule has 1 rings (SSSR count). The van der Waals surface area contributed by atoms with Crippen LogP contribution in [0.3, 0.4) is 0 Å². The number of rotatable bonds is 4. The summed E-state index contributed by atoms with van der Waals surface area (Å²) in [4.78, 5) is 35.3. The number of nitrogens with one attached hydrogen (secondary N) is 1. The molecule has 1 fully saturated rings. The molecule has 1 atom stereocenters. The molecule has 5 nitrogen and oxygen atoms in total. The van der Waals surface area contributed by atoms with Gasteiger partial charge in [0.2, 0.25) is 11.8 Å². The second-order valence-electron chi connectivity index (χ2n) is 3.32. The molecule has 0 saturated carbocycles. The topological polar surface area (TPSA) is 66.5 Å². The maximum Gasteiger partial charge on any atom is 0.330 e. The highest BCUT2D eigenvalue weighted by Crippen LogP contribution is 2.13. The Labute approximate surface area is 88.1 Å². The number of carbonyl (C=O) groups is 3. The van der Waals surface area contributed by atoms with E-state index in [1.165, 1.54) is 0 Å². The molecule has 1 N–H and O–H groups in total. The highest BCUT2D eigenvalue weighted by Gasteiger charge is 2.38. The van der Waals surface area contributed by atoms with Crippen molar-refractivity contribution in [1.29, 1.82) is 0 Å². The minimum atomic E-state index is -0.729. The first kappa shape index (κ1) is 11.4. The van der Waals surface area contributed by atoms with E-state index < -0.39 is 23.8 Å². The smallest absolute Gasteiger partial charge is 0.277 e. The van der Waals surface area contributed by atoms with Crippen LogP contribution in [0.2, 0.25) is 0 Å². The van der Waals surface area contributed by atoms with Crippen LogP contribution in [0.1, 0.15) is 19.8 Å². The molecule has 0 bridgehead atoms. The Morgan fingerprint density at radius 1 is 1.47 bits per heavy atom. The fourth-order valence-corrected chi connectivity index (χ4v) is 1.45. The van der Waals surface area contributed by atoms with Crippen LogP contribution in [-0.2, 0) is 9.59 Å². The van der Waals surface area contributed by atoms with E-state index in [0.29, 0.717) is 12.8 Å². The van der Waals surface area contributed by atoms with Gasteiger partial charge >= 0.3 is 6.03 Å². The predicted molar refractivity (Wildman–Crippen MR) is 53.8 cm³/mol. The van der Waals surface area contributed by atoms with Gasteiger partial charge in [-0.25, -0.2) is 4.79 Å². The lowest BCUT2D eigenvalue weighted by molar-refractivity contribution is -0.142. The number of barbiturate groups is 1. The molecule has 4 amide bonds. The molecule has 5 heteroatoms. The minimum absolute atomic E-state index is 0.276. The zero-order chi connectivity index (χ0) is 11.4. The Kier molecular flexibility index (Phi) is 3.60. The van der Waals surface area contributed by atoms with Gasteiger partial charge in [0, 0.05) is 6.54 Å². The number of hydrogen-bond acceptors (Lipinski definition) is 3. The summed E-state index contributed by atoms with van der Waals surface area (Å²) in [6.45, 7) is 5.53. The summed E-state index contributed by atoms with van der Waals surface area (Å²) in [5.74, 6) is -1.64. The fourth-order valence-electron chi connectivity index (χ4n) is 1.45. The maximum absolute atomic E-state index is 11.7. The van der Waals surface area contributed by atoms with E-state index in [2.05, 4.69) is 11.9 Å². The average molecular weight is 210 g/mol. The van der Waals surface area contributed by atoms with Crippen molar-refractivity contribution in [2.24, 2.45) is 5.92 Å². The summed E-state index contributed by atoms with van der Waals surface area (Å²) in [5, 5.41) is 2.16. The van der Waals surface area contributed by atoms with Gasteiger partial charge < -0.3 is 0 Å². The second-order valence-corrected chi connectivity index (χ2v) is 3.32. The molecule has 0 radical (unpaired) electrons. The highest BCUT2D eigenvalue weighted by molar-refractivity contribution is 6.16. The normalized spacial score (nSPS) is 21.5. The molecule has 1 aliphatic rings. The zero-order valence-electron chi connectivity index (χ0n) is 8.66. The molecule has 0 aromatic carbocycles. The average Bonchev–Trinajstić information content (AvgIpc) is 2.17. The third kappa shape index (κ3) is 2.23. The summed E-state index contributed by atoms with van der Waals surface area (Å²) < 4.78 is 0. The standard InChI is InChI=1S/C10H14N2O3/c1-3-5-6-12-9(14)7(4-2)8(13)11-10(12)15/h3,7H,1,4-6H2,2H3,(H,11,13,15). The van der Waals surface area contributed by atoms with Gasteiger partial charge in [0.05, 0.1) is 0 Å². The Hall–Kier alpha value is -1.65. The van der Waals surface area contributed by atoms with Crippen LogP contribution < -0.4 is 5.32 Å². The van der Waals surface area contributed by atoms with Crippen molar-refractivity contribution in [2.45, 2.75) is 19.8 Å². The first-order chi connectivity index (χ1) is 7.11. The van der Waals surface area contributed by atoms with E-state index in [9.17, 15) is 14.4 Å². The summed E-state index contributed by atoms with van der Waals surface area (Å²) >= 11 is 0. The minimum Gasteiger partial charge on any atom is -0.277 e. The van der Waals surface area contributed by atoms with Gasteiger partial charge in [-0.3, -0.25) is 19.8 Å². The van der Waals surface area contributed by atoms with Crippen LogP contribution >= 0.6 is 0 Å². The summed E-state index contributed by atoms with van der Waals surface area (Å²) in [7, 11) is 0. The van der Waals surface area contributed by atoms with Crippen molar-refractivity contribution in [3.05, 3.63) is 12.7 Å². The second kappa shape index (κ2) is 4.72. The van der Waals surface area contributed by atoms with Crippen LogP contribution in [0.5, 0.6) is 0 Å². The van der Waals surface area contributed by atoms with Gasteiger partial charge in [0.1, 0.15) is 5.92 Å².